The van der Waals surface area contributed by atoms with Crippen LogP contribution in [0.5, 0.6) is 0 Å². The zero-order chi connectivity index (χ0) is 8.69. The van der Waals surface area contributed by atoms with Crippen LogP contribution < -0.4 is 0 Å². The number of halogens is 1. The van der Waals surface area contributed by atoms with Gasteiger partial charge in [-0.1, -0.05) is 17.8 Å². The zero-order valence-corrected chi connectivity index (χ0v) is 6.49. The molecule has 0 aromatic heterocycles. The van der Waals surface area contributed by atoms with Crippen molar-refractivity contribution >= 4 is 23.8 Å². The van der Waals surface area contributed by atoms with Gasteiger partial charge in [0.1, 0.15) is 6.61 Å². The van der Waals surface area contributed by atoms with E-state index in [1.807, 2.05) is 0 Å². The predicted molar refractivity (Wildman–Crippen MR) is 41.1 cm³/mol. The molecule has 0 rings (SSSR count). The van der Waals surface area contributed by atoms with E-state index in [0.29, 0.717) is 0 Å². The molecule has 0 aliphatic heterocycles. The molecule has 0 bridgehead atoms. The van der Waals surface area contributed by atoms with E-state index < -0.39 is 11.3 Å². The number of esters is 1. The summed E-state index contributed by atoms with van der Waals surface area (Å²) in [6.07, 6.45) is 2.28. The summed E-state index contributed by atoms with van der Waals surface area (Å²) in [6.45, 7) is 3.43. The highest BCUT2D eigenvalue weighted by Gasteiger charge is 2.13. The molecule has 11 heavy (non-hydrogen) atoms. The van der Waals surface area contributed by atoms with Gasteiger partial charge in [-0.05, 0) is 0 Å². The maximum absolute atomic E-state index is 10.7. The van der Waals surface area contributed by atoms with Crippen molar-refractivity contribution in [1.82, 2.24) is 0 Å². The normalized spacial score (nSPS) is 12.8. The summed E-state index contributed by atoms with van der Waals surface area (Å²) in [5, 5.41) is 9.51. The Balaban J connectivity index is 3.72. The molecule has 4 nitrogen and oxygen atoms in total. The molecule has 1 unspecified atom stereocenters. The molecule has 0 saturated carbocycles. The molecule has 0 aromatic carbocycles. The number of hydrogen-bond donors (Lipinski definition) is 1. The number of rotatable bonds is 4. The molecule has 1 N–H and O–H groups in total. The minimum Gasteiger partial charge on any atom is -0.460 e. The summed E-state index contributed by atoms with van der Waals surface area (Å²) >= 11 is 5.35. The van der Waals surface area contributed by atoms with Crippen molar-refractivity contribution in [2.24, 2.45) is 5.16 Å². The molecular formula is C6H8ClNO3. The number of oxime groups is 1. The Kier molecular flexibility index (Phi) is 5.20. The van der Waals surface area contributed by atoms with Gasteiger partial charge in [0, 0.05) is 0 Å². The predicted octanol–water partition coefficient (Wildman–Crippen LogP) is 0.783. The summed E-state index contributed by atoms with van der Waals surface area (Å²) in [4.78, 5) is 10.7. The molecule has 0 radical (unpaired) electrons. The maximum Gasteiger partial charge on any atom is 0.330 e. The fraction of sp³-hybridized carbons (Fsp3) is 0.333. The third-order valence-electron chi connectivity index (χ3n) is 0.766. The second kappa shape index (κ2) is 5.73. The molecule has 0 heterocycles. The van der Waals surface area contributed by atoms with E-state index in [0.717, 1.165) is 6.21 Å². The van der Waals surface area contributed by atoms with Crippen LogP contribution >= 0.6 is 11.6 Å². The average molecular weight is 178 g/mol. The van der Waals surface area contributed by atoms with E-state index in [9.17, 15) is 4.79 Å². The van der Waals surface area contributed by atoms with Gasteiger partial charge in [-0.25, -0.2) is 0 Å². The zero-order valence-electron chi connectivity index (χ0n) is 5.74. The Hall–Kier alpha value is -1.03. The maximum atomic E-state index is 10.7. The first-order valence-corrected chi connectivity index (χ1v) is 3.25. The number of carbonyl (C=O) groups excluding carboxylic acids is 1. The molecule has 62 valence electrons. The summed E-state index contributed by atoms with van der Waals surface area (Å²) in [5.74, 6) is -0.663. The molecular weight excluding hydrogens is 170 g/mol. The van der Waals surface area contributed by atoms with E-state index in [1.165, 1.54) is 6.08 Å². The lowest BCUT2D eigenvalue weighted by Gasteiger charge is -2.01. The quantitative estimate of drug-likeness (QED) is 0.172. The molecule has 0 fully saturated rings. The van der Waals surface area contributed by atoms with Gasteiger partial charge in [-0.15, -0.1) is 11.6 Å². The van der Waals surface area contributed by atoms with Gasteiger partial charge in [-0.3, -0.25) is 4.79 Å². The van der Waals surface area contributed by atoms with E-state index in [-0.39, 0.29) is 6.61 Å². The summed E-state index contributed by atoms with van der Waals surface area (Å²) in [5.41, 5.74) is 0. The van der Waals surface area contributed by atoms with Crippen molar-refractivity contribution in [2.75, 3.05) is 6.61 Å². The molecule has 1 atom stereocenters. The highest BCUT2D eigenvalue weighted by molar-refractivity contribution is 6.38. The van der Waals surface area contributed by atoms with Crippen LogP contribution in [0, 0.1) is 0 Å². The van der Waals surface area contributed by atoms with Gasteiger partial charge in [0.15, 0.2) is 5.38 Å². The topological polar surface area (TPSA) is 58.9 Å². The fourth-order valence-electron chi connectivity index (χ4n) is 0.340. The number of carbonyl (C=O) groups is 1. The van der Waals surface area contributed by atoms with Crippen LogP contribution in [0.3, 0.4) is 0 Å². The van der Waals surface area contributed by atoms with E-state index in [2.05, 4.69) is 16.5 Å². The monoisotopic (exact) mass is 177 g/mol. The standard InChI is InChI=1S/C6H8ClNO3/c1-2-3-11-6(9)5(7)4-8-10/h2,4-5,10H,1,3H2/b8-4-. The highest BCUT2D eigenvalue weighted by Crippen LogP contribution is 1.95. The SMILES string of the molecule is C=CCOC(=O)C(Cl)/C=N\O. The minimum absolute atomic E-state index is 0.0985. The van der Waals surface area contributed by atoms with E-state index in [4.69, 9.17) is 16.8 Å². The van der Waals surface area contributed by atoms with Gasteiger partial charge >= 0.3 is 5.97 Å². The fourth-order valence-corrected chi connectivity index (χ4v) is 0.453. The van der Waals surface area contributed by atoms with Crippen LogP contribution in [0.25, 0.3) is 0 Å². The third kappa shape index (κ3) is 4.38. The highest BCUT2D eigenvalue weighted by atomic mass is 35.5. The van der Waals surface area contributed by atoms with Crippen LogP contribution in [0.1, 0.15) is 0 Å². The molecule has 0 aromatic rings. The Morgan fingerprint density at radius 2 is 2.55 bits per heavy atom. The summed E-state index contributed by atoms with van der Waals surface area (Å²) in [7, 11) is 0. The Bertz CT molecular complexity index is 169. The van der Waals surface area contributed by atoms with Crippen molar-refractivity contribution in [3.05, 3.63) is 12.7 Å². The molecule has 0 saturated heterocycles. The van der Waals surface area contributed by atoms with E-state index in [1.54, 1.807) is 0 Å². The first-order chi connectivity index (χ1) is 5.22. The van der Waals surface area contributed by atoms with Gasteiger partial charge in [0.2, 0.25) is 0 Å². The lowest BCUT2D eigenvalue weighted by atomic mass is 10.5. The smallest absolute Gasteiger partial charge is 0.330 e. The van der Waals surface area contributed by atoms with Gasteiger partial charge in [-0.2, -0.15) is 0 Å². The van der Waals surface area contributed by atoms with Crippen molar-refractivity contribution in [3.63, 3.8) is 0 Å². The summed E-state index contributed by atoms with van der Waals surface area (Å²) in [6, 6.07) is 0. The van der Waals surface area contributed by atoms with E-state index >= 15 is 0 Å². The number of ether oxygens (including phenoxy) is 1. The van der Waals surface area contributed by atoms with Gasteiger partial charge in [0.05, 0.1) is 6.21 Å². The first kappa shape index (κ1) is 9.97. The average Bonchev–Trinajstić information content (AvgIpc) is 2.00. The Morgan fingerprint density at radius 3 is 3.00 bits per heavy atom. The van der Waals surface area contributed by atoms with Gasteiger partial charge in [0.25, 0.3) is 0 Å². The summed E-state index contributed by atoms with van der Waals surface area (Å²) < 4.78 is 4.51. The second-order valence-electron chi connectivity index (χ2n) is 1.59. The Labute approximate surface area is 69.1 Å². The van der Waals surface area contributed by atoms with Crippen LogP contribution in [0.15, 0.2) is 17.8 Å². The molecule has 0 amide bonds. The number of hydrogen-bond acceptors (Lipinski definition) is 4. The van der Waals surface area contributed by atoms with Gasteiger partial charge < -0.3 is 9.94 Å². The van der Waals surface area contributed by atoms with Crippen LogP contribution in [-0.4, -0.2) is 29.4 Å². The van der Waals surface area contributed by atoms with Crippen LogP contribution in [-0.2, 0) is 9.53 Å². The lowest BCUT2D eigenvalue weighted by molar-refractivity contribution is -0.140. The van der Waals surface area contributed by atoms with Crippen molar-refractivity contribution in [3.8, 4) is 0 Å². The van der Waals surface area contributed by atoms with Crippen molar-refractivity contribution in [1.29, 1.82) is 0 Å². The minimum atomic E-state index is -1.04. The number of nitrogens with zero attached hydrogens (tertiary/aromatic N) is 1. The van der Waals surface area contributed by atoms with Crippen LogP contribution in [0.4, 0.5) is 0 Å². The third-order valence-corrected chi connectivity index (χ3v) is 1.06. The molecule has 0 aliphatic rings. The molecule has 5 heteroatoms. The van der Waals surface area contributed by atoms with Crippen molar-refractivity contribution < 1.29 is 14.7 Å². The number of alkyl halides is 1. The van der Waals surface area contributed by atoms with Crippen molar-refractivity contribution in [2.45, 2.75) is 5.38 Å². The lowest BCUT2D eigenvalue weighted by Crippen LogP contribution is -2.19. The molecule has 0 aliphatic carbocycles. The molecule has 0 spiro atoms. The van der Waals surface area contributed by atoms with Crippen LogP contribution in [0.2, 0.25) is 0 Å². The Morgan fingerprint density at radius 1 is 1.91 bits per heavy atom. The second-order valence-corrected chi connectivity index (χ2v) is 2.06. The first-order valence-electron chi connectivity index (χ1n) is 2.81. The largest absolute Gasteiger partial charge is 0.460 e.